The van der Waals surface area contributed by atoms with E-state index in [9.17, 15) is 31.5 Å². The average Bonchev–Trinajstić information content (AvgIpc) is 3.02. The molecule has 10 heteroatoms. The number of carbonyl (C=O) groups excluding carboxylic acids is 1. The van der Waals surface area contributed by atoms with Gasteiger partial charge in [-0.25, -0.2) is 0 Å². The minimum absolute atomic E-state index is 0.120. The van der Waals surface area contributed by atoms with Crippen molar-refractivity contribution in [3.05, 3.63) is 0 Å². The van der Waals surface area contributed by atoms with Crippen LogP contribution in [0.5, 0.6) is 0 Å². The van der Waals surface area contributed by atoms with Crippen LogP contribution in [0.15, 0.2) is 4.40 Å². The molecule has 2 rings (SSSR count). The van der Waals surface area contributed by atoms with Crippen molar-refractivity contribution in [1.29, 1.82) is 0 Å². The summed E-state index contributed by atoms with van der Waals surface area (Å²) < 4.78 is 67.7. The van der Waals surface area contributed by atoms with Gasteiger partial charge in [-0.15, -0.1) is 0 Å². The summed E-state index contributed by atoms with van der Waals surface area (Å²) in [5.41, 5.74) is -6.22. The van der Waals surface area contributed by atoms with Crippen molar-refractivity contribution in [2.45, 2.75) is 75.8 Å². The van der Waals surface area contributed by atoms with Crippen LogP contribution in [0.25, 0.3) is 0 Å². The highest BCUT2D eigenvalue weighted by molar-refractivity contribution is 7.91. The van der Waals surface area contributed by atoms with Crippen molar-refractivity contribution in [1.82, 2.24) is 0 Å². The minimum Gasteiger partial charge on any atom is -0.861 e. The molecular formula is C16H23F3NO5S-. The van der Waals surface area contributed by atoms with Gasteiger partial charge < -0.3 is 9.84 Å². The predicted molar refractivity (Wildman–Crippen MR) is 85.4 cm³/mol. The second-order valence-electron chi connectivity index (χ2n) is 7.01. The van der Waals surface area contributed by atoms with Gasteiger partial charge in [0.1, 0.15) is 5.60 Å². The number of esters is 1. The molecule has 150 valence electrons. The average molecular weight is 398 g/mol. The molecule has 0 bridgehead atoms. The third-order valence-electron chi connectivity index (χ3n) is 5.36. The summed E-state index contributed by atoms with van der Waals surface area (Å²) in [7, 11) is -5.91. The fraction of sp³-hybridized carbons (Fsp3) is 0.875. The first-order valence-corrected chi connectivity index (χ1v) is 10.3. The molecule has 0 saturated heterocycles. The van der Waals surface area contributed by atoms with E-state index in [4.69, 9.17) is 4.74 Å². The van der Waals surface area contributed by atoms with E-state index < -0.39 is 44.8 Å². The third kappa shape index (κ3) is 4.50. The molecule has 0 aromatic rings. The number of rotatable bonds is 5. The lowest BCUT2D eigenvalue weighted by atomic mass is 9.79. The number of alkyl halides is 3. The van der Waals surface area contributed by atoms with Gasteiger partial charge in [0.05, 0.1) is 5.92 Å². The highest BCUT2D eigenvalue weighted by Crippen LogP contribution is 2.39. The number of hydrogen-bond acceptors (Lipinski definition) is 5. The maximum Gasteiger partial charge on any atom is 0.518 e. The van der Waals surface area contributed by atoms with E-state index in [1.807, 2.05) is 6.92 Å². The van der Waals surface area contributed by atoms with E-state index in [-0.39, 0.29) is 12.8 Å². The summed E-state index contributed by atoms with van der Waals surface area (Å²) in [4.78, 5) is 12.6. The van der Waals surface area contributed by atoms with E-state index >= 15 is 0 Å². The smallest absolute Gasteiger partial charge is 0.518 e. The van der Waals surface area contributed by atoms with Crippen LogP contribution in [0.3, 0.4) is 0 Å². The Balaban J connectivity index is 2.20. The van der Waals surface area contributed by atoms with Crippen LogP contribution in [-0.4, -0.2) is 31.4 Å². The van der Waals surface area contributed by atoms with Crippen LogP contribution in [0.1, 0.15) is 64.7 Å². The van der Waals surface area contributed by atoms with Gasteiger partial charge in [0.25, 0.3) is 0 Å². The first-order chi connectivity index (χ1) is 12.0. The van der Waals surface area contributed by atoms with Crippen molar-refractivity contribution < 1.29 is 36.2 Å². The maximum atomic E-state index is 12.6. The lowest BCUT2D eigenvalue weighted by Gasteiger charge is -2.36. The topological polar surface area (TPSA) is 95.9 Å². The molecule has 2 saturated carbocycles. The molecule has 26 heavy (non-hydrogen) atoms. The number of nitrogens with zero attached hydrogens (tertiary/aromatic N) is 1. The van der Waals surface area contributed by atoms with Gasteiger partial charge in [-0.1, -0.05) is 19.8 Å². The summed E-state index contributed by atoms with van der Waals surface area (Å²) in [6, 6.07) is 0. The van der Waals surface area contributed by atoms with E-state index in [1.54, 1.807) is 0 Å². The first-order valence-electron chi connectivity index (χ1n) is 8.82. The molecule has 0 amide bonds. The van der Waals surface area contributed by atoms with Crippen LogP contribution >= 0.6 is 0 Å². The molecule has 0 heterocycles. The van der Waals surface area contributed by atoms with Crippen LogP contribution in [0, 0.1) is 11.8 Å². The maximum absolute atomic E-state index is 12.6. The Morgan fingerprint density at radius 2 is 1.69 bits per heavy atom. The monoisotopic (exact) mass is 398 g/mol. The molecule has 2 fully saturated rings. The van der Waals surface area contributed by atoms with Crippen LogP contribution < -0.4 is 5.11 Å². The summed E-state index contributed by atoms with van der Waals surface area (Å²) in [6.45, 7) is 1.90. The molecular weight excluding hydrogens is 375 g/mol. The van der Waals surface area contributed by atoms with Gasteiger partial charge in [0.2, 0.25) is 0 Å². The lowest BCUT2D eigenvalue weighted by molar-refractivity contribution is -0.227. The van der Waals surface area contributed by atoms with E-state index in [0.29, 0.717) is 32.1 Å². The van der Waals surface area contributed by atoms with Crippen LogP contribution in [0.2, 0.25) is 0 Å². The standard InChI is InChI=1S/C16H24F3NO5S/c1-2-15(9-5-6-10-15)25-14(22)12-8-4-3-7-11(12)13(21)20-26(23,24)16(17,18)19/h11-12H,2-10H2,1H3,(H,20,21)/p-1. The summed E-state index contributed by atoms with van der Waals surface area (Å²) in [5, 5.41) is 12.1. The van der Waals surface area contributed by atoms with Gasteiger partial charge in [-0.2, -0.15) is 26.0 Å². The Morgan fingerprint density at radius 1 is 1.15 bits per heavy atom. The molecule has 0 aliphatic heterocycles. The van der Waals surface area contributed by atoms with Gasteiger partial charge in [-0.3, -0.25) is 4.79 Å². The Morgan fingerprint density at radius 3 is 2.19 bits per heavy atom. The summed E-state index contributed by atoms with van der Waals surface area (Å²) in [5.74, 6) is -4.19. The molecule has 0 aromatic carbocycles. The molecule has 2 aliphatic carbocycles. The second-order valence-corrected chi connectivity index (χ2v) is 8.61. The third-order valence-corrected chi connectivity index (χ3v) is 6.37. The molecule has 6 nitrogen and oxygen atoms in total. The molecule has 2 aliphatic rings. The van der Waals surface area contributed by atoms with E-state index in [1.165, 1.54) is 0 Å². The quantitative estimate of drug-likeness (QED) is 0.403. The fourth-order valence-electron chi connectivity index (χ4n) is 3.78. The Hall–Kier alpha value is -1.32. The molecule has 0 spiro atoms. The Bertz CT molecular complexity index is 653. The first kappa shape index (κ1) is 21.0. The largest absolute Gasteiger partial charge is 0.861 e. The zero-order valence-corrected chi connectivity index (χ0v) is 15.4. The number of hydrogen-bond donors (Lipinski definition) is 0. The zero-order valence-electron chi connectivity index (χ0n) is 14.5. The van der Waals surface area contributed by atoms with Crippen molar-refractivity contribution in [2.75, 3.05) is 0 Å². The van der Waals surface area contributed by atoms with Crippen molar-refractivity contribution >= 4 is 21.9 Å². The number of ether oxygens (including phenoxy) is 1. The molecule has 0 N–H and O–H groups in total. The predicted octanol–water partition coefficient (Wildman–Crippen LogP) is 2.67. The van der Waals surface area contributed by atoms with Crippen LogP contribution in [0.4, 0.5) is 13.2 Å². The Labute approximate surface area is 150 Å². The van der Waals surface area contributed by atoms with Crippen molar-refractivity contribution in [3.63, 3.8) is 0 Å². The zero-order chi connectivity index (χ0) is 19.6. The molecule has 0 aromatic heterocycles. The van der Waals surface area contributed by atoms with Crippen LogP contribution in [-0.2, 0) is 19.6 Å². The van der Waals surface area contributed by atoms with E-state index in [2.05, 4.69) is 4.40 Å². The number of halogens is 3. The van der Waals surface area contributed by atoms with Gasteiger partial charge in [0.15, 0.2) is 0 Å². The second kappa shape index (κ2) is 7.74. The molecule has 2 unspecified atom stereocenters. The Kier molecular flexibility index (Phi) is 6.24. The SMILES string of the molecule is CCC1(OC(=O)C2CCCCC2/C([O-])=N/S(=O)(=O)C(F)(F)F)CCCC1. The normalized spacial score (nSPS) is 27.3. The molecule has 2 atom stereocenters. The highest BCUT2D eigenvalue weighted by Gasteiger charge is 2.46. The highest BCUT2D eigenvalue weighted by atomic mass is 32.2. The number of carbonyl (C=O) groups is 1. The summed E-state index contributed by atoms with van der Waals surface area (Å²) in [6.07, 6.45) is 5.43. The van der Waals surface area contributed by atoms with Gasteiger partial charge in [-0.05, 0) is 50.8 Å². The minimum atomic E-state index is -5.91. The van der Waals surface area contributed by atoms with Crippen molar-refractivity contribution in [3.8, 4) is 0 Å². The van der Waals surface area contributed by atoms with Gasteiger partial charge in [0, 0.05) is 5.92 Å². The van der Waals surface area contributed by atoms with Gasteiger partial charge >= 0.3 is 21.5 Å². The fourth-order valence-corrected chi connectivity index (χ4v) is 4.26. The van der Waals surface area contributed by atoms with Crippen molar-refractivity contribution in [2.24, 2.45) is 16.2 Å². The van der Waals surface area contributed by atoms with E-state index in [0.717, 1.165) is 12.8 Å². The summed E-state index contributed by atoms with van der Waals surface area (Å²) >= 11 is 0. The number of sulfonamides is 1. The lowest BCUT2D eigenvalue weighted by Crippen LogP contribution is -2.43. The molecule has 0 radical (unpaired) electrons.